The summed E-state index contributed by atoms with van der Waals surface area (Å²) in [4.78, 5) is 13.8. The van der Waals surface area contributed by atoms with Crippen molar-refractivity contribution in [3.8, 4) is 0 Å². The average Bonchev–Trinajstić information content (AvgIpc) is 2.78. The highest BCUT2D eigenvalue weighted by Crippen LogP contribution is 2.02. The van der Waals surface area contributed by atoms with E-state index < -0.39 is 0 Å². The van der Waals surface area contributed by atoms with Gasteiger partial charge in [0.05, 0.1) is 12.7 Å². The van der Waals surface area contributed by atoms with E-state index in [0.29, 0.717) is 19.0 Å². The number of rotatable bonds is 3. The van der Waals surface area contributed by atoms with Crippen molar-refractivity contribution in [3.05, 3.63) is 12.4 Å². The summed E-state index contributed by atoms with van der Waals surface area (Å²) >= 11 is 0. The number of aryl methyl sites for hydroxylation is 1. The Balaban J connectivity index is 0.00000144. The fourth-order valence-electron chi connectivity index (χ4n) is 1.88. The lowest BCUT2D eigenvalue weighted by Gasteiger charge is -2.31. The van der Waals surface area contributed by atoms with Crippen molar-refractivity contribution in [3.63, 3.8) is 0 Å². The first-order valence-corrected chi connectivity index (χ1v) is 5.61. The molecule has 1 aliphatic heterocycles. The van der Waals surface area contributed by atoms with Crippen LogP contribution in [0.25, 0.3) is 0 Å². The maximum Gasteiger partial charge on any atom is 0.224 e. The minimum atomic E-state index is 0. The average molecular weight is 260 g/mol. The molecule has 2 rings (SSSR count). The molecule has 1 fully saturated rings. The molecule has 0 bridgehead atoms. The standard InChI is InChI=1S/C10H17N5O.ClH/c1-9-8-14(6-3-11-9)10(16)2-5-15-7-4-12-13-15;/h4,7,9,11H,2-3,5-6,8H2,1H3;1H/t9-;/m0./s1. The molecule has 1 saturated heterocycles. The summed E-state index contributed by atoms with van der Waals surface area (Å²) in [6.45, 7) is 5.20. The van der Waals surface area contributed by atoms with Gasteiger partial charge in [0.15, 0.2) is 0 Å². The van der Waals surface area contributed by atoms with E-state index in [4.69, 9.17) is 0 Å². The smallest absolute Gasteiger partial charge is 0.224 e. The van der Waals surface area contributed by atoms with Gasteiger partial charge in [0.1, 0.15) is 0 Å². The Hall–Kier alpha value is -1.14. The second-order valence-corrected chi connectivity index (χ2v) is 4.11. The van der Waals surface area contributed by atoms with Gasteiger partial charge in [-0.05, 0) is 6.92 Å². The maximum atomic E-state index is 11.9. The number of carbonyl (C=O) groups is 1. The molecule has 1 atom stereocenters. The van der Waals surface area contributed by atoms with E-state index in [0.717, 1.165) is 19.6 Å². The molecule has 1 amide bonds. The Morgan fingerprint density at radius 3 is 3.06 bits per heavy atom. The Bertz CT molecular complexity index is 342. The largest absolute Gasteiger partial charge is 0.340 e. The number of hydrogen-bond donors (Lipinski definition) is 1. The van der Waals surface area contributed by atoms with Gasteiger partial charge in [0.25, 0.3) is 0 Å². The molecule has 2 heterocycles. The summed E-state index contributed by atoms with van der Waals surface area (Å²) in [7, 11) is 0. The van der Waals surface area contributed by atoms with E-state index in [2.05, 4.69) is 22.6 Å². The molecule has 17 heavy (non-hydrogen) atoms. The lowest BCUT2D eigenvalue weighted by atomic mass is 10.2. The fraction of sp³-hybridized carbons (Fsp3) is 0.700. The molecule has 1 aromatic rings. The minimum Gasteiger partial charge on any atom is -0.340 e. The van der Waals surface area contributed by atoms with Crippen LogP contribution >= 0.6 is 12.4 Å². The number of amides is 1. The molecule has 0 unspecified atom stereocenters. The molecule has 0 saturated carbocycles. The number of nitrogens with one attached hydrogen (secondary N) is 1. The van der Waals surface area contributed by atoms with Gasteiger partial charge < -0.3 is 10.2 Å². The Morgan fingerprint density at radius 1 is 1.59 bits per heavy atom. The molecular weight excluding hydrogens is 242 g/mol. The first kappa shape index (κ1) is 13.9. The van der Waals surface area contributed by atoms with Crippen molar-refractivity contribution in [1.82, 2.24) is 25.2 Å². The number of halogens is 1. The quantitative estimate of drug-likeness (QED) is 0.824. The van der Waals surface area contributed by atoms with Gasteiger partial charge in [-0.2, -0.15) is 0 Å². The molecule has 6 nitrogen and oxygen atoms in total. The third-order valence-electron chi connectivity index (χ3n) is 2.75. The first-order valence-electron chi connectivity index (χ1n) is 5.61. The minimum absolute atomic E-state index is 0. The summed E-state index contributed by atoms with van der Waals surface area (Å²) in [6.07, 6.45) is 3.89. The van der Waals surface area contributed by atoms with Crippen molar-refractivity contribution < 1.29 is 4.79 Å². The van der Waals surface area contributed by atoms with E-state index in [1.54, 1.807) is 17.1 Å². The lowest BCUT2D eigenvalue weighted by molar-refractivity contribution is -0.132. The zero-order valence-electron chi connectivity index (χ0n) is 9.87. The lowest BCUT2D eigenvalue weighted by Crippen LogP contribution is -2.51. The summed E-state index contributed by atoms with van der Waals surface area (Å²) in [6, 6.07) is 0.393. The predicted octanol–water partition coefficient (Wildman–Crippen LogP) is -0.0897. The van der Waals surface area contributed by atoms with Crippen molar-refractivity contribution in [2.24, 2.45) is 0 Å². The van der Waals surface area contributed by atoms with Crippen LogP contribution in [0.3, 0.4) is 0 Å². The second kappa shape index (κ2) is 6.56. The molecule has 0 aromatic carbocycles. The Kier molecular flexibility index (Phi) is 5.37. The van der Waals surface area contributed by atoms with Crippen LogP contribution in [0, 0.1) is 0 Å². The molecular formula is C10H18ClN5O. The molecule has 1 aliphatic rings. The second-order valence-electron chi connectivity index (χ2n) is 4.11. The van der Waals surface area contributed by atoms with E-state index in [1.165, 1.54) is 0 Å². The zero-order valence-corrected chi connectivity index (χ0v) is 10.7. The molecule has 1 N–H and O–H groups in total. The van der Waals surface area contributed by atoms with Gasteiger partial charge in [0, 0.05) is 38.3 Å². The third kappa shape index (κ3) is 3.98. The number of hydrogen-bond acceptors (Lipinski definition) is 4. The predicted molar refractivity (Wildman–Crippen MR) is 65.9 cm³/mol. The van der Waals surface area contributed by atoms with E-state index in [9.17, 15) is 4.79 Å². The van der Waals surface area contributed by atoms with Crippen LogP contribution in [-0.2, 0) is 11.3 Å². The highest BCUT2D eigenvalue weighted by molar-refractivity contribution is 5.85. The Morgan fingerprint density at radius 2 is 2.41 bits per heavy atom. The van der Waals surface area contributed by atoms with Crippen LogP contribution in [0.15, 0.2) is 12.4 Å². The van der Waals surface area contributed by atoms with Crippen LogP contribution in [0.5, 0.6) is 0 Å². The highest BCUT2D eigenvalue weighted by Gasteiger charge is 2.19. The van der Waals surface area contributed by atoms with E-state index in [1.807, 2.05) is 4.90 Å². The van der Waals surface area contributed by atoms with Gasteiger partial charge in [0.2, 0.25) is 5.91 Å². The third-order valence-corrected chi connectivity index (χ3v) is 2.75. The van der Waals surface area contributed by atoms with Crippen molar-refractivity contribution in [1.29, 1.82) is 0 Å². The number of nitrogens with zero attached hydrogens (tertiary/aromatic N) is 4. The molecule has 7 heteroatoms. The van der Waals surface area contributed by atoms with Crippen LogP contribution in [-0.4, -0.2) is 51.5 Å². The van der Waals surface area contributed by atoms with Gasteiger partial charge in [-0.3, -0.25) is 9.48 Å². The van der Waals surface area contributed by atoms with Crippen molar-refractivity contribution >= 4 is 18.3 Å². The van der Waals surface area contributed by atoms with E-state index >= 15 is 0 Å². The summed E-state index contributed by atoms with van der Waals surface area (Å²) in [5.41, 5.74) is 0. The maximum absolute atomic E-state index is 11.9. The molecule has 0 aliphatic carbocycles. The fourth-order valence-corrected chi connectivity index (χ4v) is 1.88. The molecule has 0 spiro atoms. The van der Waals surface area contributed by atoms with Gasteiger partial charge in [-0.15, -0.1) is 17.5 Å². The zero-order chi connectivity index (χ0) is 11.4. The normalized spacial score (nSPS) is 19.8. The monoisotopic (exact) mass is 259 g/mol. The summed E-state index contributed by atoms with van der Waals surface area (Å²) in [5, 5.41) is 10.8. The van der Waals surface area contributed by atoms with Gasteiger partial charge >= 0.3 is 0 Å². The van der Waals surface area contributed by atoms with Crippen molar-refractivity contribution in [2.45, 2.75) is 25.9 Å². The van der Waals surface area contributed by atoms with Crippen LogP contribution < -0.4 is 5.32 Å². The summed E-state index contributed by atoms with van der Waals surface area (Å²) in [5.74, 6) is 0.198. The number of aromatic nitrogens is 3. The SMILES string of the molecule is C[C@H]1CN(C(=O)CCn2ccnn2)CCN1.Cl. The van der Waals surface area contributed by atoms with Crippen LogP contribution in [0.1, 0.15) is 13.3 Å². The topological polar surface area (TPSA) is 63.1 Å². The Labute approximate surface area is 107 Å². The van der Waals surface area contributed by atoms with Gasteiger partial charge in [-0.1, -0.05) is 5.21 Å². The van der Waals surface area contributed by atoms with Crippen LogP contribution in [0.4, 0.5) is 0 Å². The number of carbonyl (C=O) groups excluding carboxylic acids is 1. The summed E-state index contributed by atoms with van der Waals surface area (Å²) < 4.78 is 1.68. The first-order chi connectivity index (χ1) is 7.75. The van der Waals surface area contributed by atoms with Crippen LogP contribution in [0.2, 0.25) is 0 Å². The van der Waals surface area contributed by atoms with E-state index in [-0.39, 0.29) is 18.3 Å². The highest BCUT2D eigenvalue weighted by atomic mass is 35.5. The molecule has 0 radical (unpaired) electrons. The van der Waals surface area contributed by atoms with Crippen molar-refractivity contribution in [2.75, 3.05) is 19.6 Å². The molecule has 1 aromatic heterocycles. The number of piperazine rings is 1. The van der Waals surface area contributed by atoms with Gasteiger partial charge in [-0.25, -0.2) is 0 Å². The molecule has 96 valence electrons.